The van der Waals surface area contributed by atoms with Crippen molar-refractivity contribution in [2.75, 3.05) is 13.2 Å². The molecule has 1 saturated heterocycles. The van der Waals surface area contributed by atoms with Crippen LogP contribution in [0.4, 0.5) is 0 Å². The van der Waals surface area contributed by atoms with Crippen molar-refractivity contribution in [2.45, 2.75) is 33.1 Å². The normalized spacial score (nSPS) is 24.7. The number of piperidine rings is 1. The van der Waals surface area contributed by atoms with E-state index in [1.54, 1.807) is 0 Å². The Balaban J connectivity index is 2.47. The summed E-state index contributed by atoms with van der Waals surface area (Å²) in [7, 11) is 0. The molecule has 3 heteroatoms. The molecule has 0 N–H and O–H groups in total. The van der Waals surface area contributed by atoms with Gasteiger partial charge in [-0.05, 0) is 26.2 Å². The molecule has 0 bridgehead atoms. The molecule has 0 aromatic heterocycles. The van der Waals surface area contributed by atoms with Crippen LogP contribution in [-0.4, -0.2) is 24.1 Å². The fourth-order valence-electron chi connectivity index (χ4n) is 1.58. The zero-order chi connectivity index (χ0) is 8.97. The van der Waals surface area contributed by atoms with E-state index < -0.39 is 0 Å². The molecule has 1 unspecified atom stereocenters. The minimum Gasteiger partial charge on any atom is -0.272 e. The third-order valence-corrected chi connectivity index (χ3v) is 2.29. The molecule has 3 nitrogen and oxygen atoms in total. The molecule has 1 aliphatic heterocycles. The van der Waals surface area contributed by atoms with Crippen LogP contribution in [0.25, 0.3) is 0 Å². The summed E-state index contributed by atoms with van der Waals surface area (Å²) in [5.41, 5.74) is 0. The average molecular weight is 171 g/mol. The Hall–Kier alpha value is -0.570. The summed E-state index contributed by atoms with van der Waals surface area (Å²) in [6.45, 7) is 5.31. The fourth-order valence-corrected chi connectivity index (χ4v) is 1.58. The number of hydrogen-bond acceptors (Lipinski definition) is 2. The minimum absolute atomic E-state index is 0.172. The van der Waals surface area contributed by atoms with E-state index in [2.05, 4.69) is 6.92 Å². The van der Waals surface area contributed by atoms with Gasteiger partial charge in [0.25, 0.3) is 0 Å². The standard InChI is InChI=1S/C9H17NO2/c1-3-8-6-5-7-10(9(8)11)12-4-2/h8H,3-7H2,1-2H3. The summed E-state index contributed by atoms with van der Waals surface area (Å²) in [5, 5.41) is 1.53. The van der Waals surface area contributed by atoms with Crippen LogP contribution in [0.15, 0.2) is 0 Å². The maximum Gasteiger partial charge on any atom is 0.249 e. The number of hydroxylamine groups is 2. The second-order valence-electron chi connectivity index (χ2n) is 3.11. The Bertz CT molecular complexity index is 157. The average Bonchev–Trinajstić information content (AvgIpc) is 2.09. The molecule has 0 spiro atoms. The smallest absolute Gasteiger partial charge is 0.249 e. The first-order valence-corrected chi connectivity index (χ1v) is 4.73. The maximum absolute atomic E-state index is 11.5. The molecule has 1 amide bonds. The van der Waals surface area contributed by atoms with Gasteiger partial charge in [0, 0.05) is 12.5 Å². The van der Waals surface area contributed by atoms with Crippen LogP contribution in [0.1, 0.15) is 33.1 Å². The highest BCUT2D eigenvalue weighted by Crippen LogP contribution is 2.20. The van der Waals surface area contributed by atoms with Gasteiger partial charge in [0.1, 0.15) is 0 Å². The Morgan fingerprint density at radius 1 is 1.58 bits per heavy atom. The Morgan fingerprint density at radius 3 is 2.92 bits per heavy atom. The second-order valence-corrected chi connectivity index (χ2v) is 3.11. The molecule has 1 atom stereocenters. The highest BCUT2D eigenvalue weighted by Gasteiger charge is 2.27. The molecular weight excluding hydrogens is 154 g/mol. The predicted molar refractivity (Wildman–Crippen MR) is 46.4 cm³/mol. The zero-order valence-corrected chi connectivity index (χ0v) is 7.88. The van der Waals surface area contributed by atoms with E-state index in [4.69, 9.17) is 4.84 Å². The lowest BCUT2D eigenvalue weighted by Gasteiger charge is -2.30. The molecule has 0 aromatic rings. The van der Waals surface area contributed by atoms with Gasteiger partial charge in [0.2, 0.25) is 5.91 Å². The summed E-state index contributed by atoms with van der Waals surface area (Å²) in [6, 6.07) is 0. The molecule has 0 aromatic carbocycles. The van der Waals surface area contributed by atoms with Crippen molar-refractivity contribution in [1.29, 1.82) is 0 Å². The lowest BCUT2D eigenvalue weighted by atomic mass is 9.96. The highest BCUT2D eigenvalue weighted by atomic mass is 16.7. The summed E-state index contributed by atoms with van der Waals surface area (Å²) in [5.74, 6) is 0.371. The molecule has 1 fully saturated rings. The van der Waals surface area contributed by atoms with E-state index >= 15 is 0 Å². The van der Waals surface area contributed by atoms with E-state index in [-0.39, 0.29) is 11.8 Å². The van der Waals surface area contributed by atoms with Gasteiger partial charge in [0.05, 0.1) is 6.61 Å². The van der Waals surface area contributed by atoms with Crippen LogP contribution in [0, 0.1) is 5.92 Å². The molecule has 0 aliphatic carbocycles. The summed E-state index contributed by atoms with van der Waals surface area (Å²) >= 11 is 0. The topological polar surface area (TPSA) is 29.5 Å². The lowest BCUT2D eigenvalue weighted by Crippen LogP contribution is -2.40. The van der Waals surface area contributed by atoms with Gasteiger partial charge < -0.3 is 0 Å². The number of hydrogen-bond donors (Lipinski definition) is 0. The van der Waals surface area contributed by atoms with Crippen LogP contribution in [-0.2, 0) is 9.63 Å². The van der Waals surface area contributed by atoms with Crippen molar-refractivity contribution in [3.05, 3.63) is 0 Å². The second kappa shape index (κ2) is 4.45. The molecule has 1 heterocycles. The monoisotopic (exact) mass is 171 g/mol. The largest absolute Gasteiger partial charge is 0.272 e. The first-order chi connectivity index (χ1) is 5.79. The molecule has 1 aliphatic rings. The molecule has 0 radical (unpaired) electrons. The van der Waals surface area contributed by atoms with Crippen LogP contribution >= 0.6 is 0 Å². The van der Waals surface area contributed by atoms with Gasteiger partial charge in [-0.15, -0.1) is 0 Å². The van der Waals surface area contributed by atoms with E-state index in [9.17, 15) is 4.79 Å². The van der Waals surface area contributed by atoms with Crippen molar-refractivity contribution >= 4 is 5.91 Å². The van der Waals surface area contributed by atoms with Gasteiger partial charge in [-0.1, -0.05) is 6.92 Å². The first kappa shape index (κ1) is 9.52. The number of nitrogens with zero attached hydrogens (tertiary/aromatic N) is 1. The zero-order valence-electron chi connectivity index (χ0n) is 7.88. The SMILES string of the molecule is CCON1CCCC(CC)C1=O. The molecule has 70 valence electrons. The Labute approximate surface area is 73.6 Å². The third-order valence-electron chi connectivity index (χ3n) is 2.29. The highest BCUT2D eigenvalue weighted by molar-refractivity contribution is 5.78. The summed E-state index contributed by atoms with van der Waals surface area (Å²) < 4.78 is 0. The van der Waals surface area contributed by atoms with E-state index in [1.165, 1.54) is 5.06 Å². The van der Waals surface area contributed by atoms with Crippen molar-refractivity contribution in [2.24, 2.45) is 5.92 Å². The van der Waals surface area contributed by atoms with Crippen LogP contribution in [0.5, 0.6) is 0 Å². The summed E-state index contributed by atoms with van der Waals surface area (Å²) in [6.07, 6.45) is 3.03. The molecule has 12 heavy (non-hydrogen) atoms. The van der Waals surface area contributed by atoms with Gasteiger partial charge in [0.15, 0.2) is 0 Å². The van der Waals surface area contributed by atoms with E-state index in [0.29, 0.717) is 6.61 Å². The number of amides is 1. The van der Waals surface area contributed by atoms with Gasteiger partial charge in [-0.25, -0.2) is 5.06 Å². The third kappa shape index (κ3) is 1.97. The van der Waals surface area contributed by atoms with Crippen molar-refractivity contribution in [3.8, 4) is 0 Å². The quantitative estimate of drug-likeness (QED) is 0.645. The lowest BCUT2D eigenvalue weighted by molar-refractivity contribution is -0.195. The van der Waals surface area contributed by atoms with Gasteiger partial charge in [-0.2, -0.15) is 0 Å². The van der Waals surface area contributed by atoms with Crippen molar-refractivity contribution in [1.82, 2.24) is 5.06 Å². The van der Waals surface area contributed by atoms with Gasteiger partial charge >= 0.3 is 0 Å². The van der Waals surface area contributed by atoms with E-state index in [0.717, 1.165) is 25.8 Å². The van der Waals surface area contributed by atoms with E-state index in [1.807, 2.05) is 6.92 Å². The maximum atomic E-state index is 11.5. The Morgan fingerprint density at radius 2 is 2.33 bits per heavy atom. The van der Waals surface area contributed by atoms with Crippen LogP contribution < -0.4 is 0 Å². The van der Waals surface area contributed by atoms with Gasteiger partial charge in [-0.3, -0.25) is 9.63 Å². The molecule has 1 rings (SSSR count). The van der Waals surface area contributed by atoms with Crippen molar-refractivity contribution < 1.29 is 9.63 Å². The van der Waals surface area contributed by atoms with Crippen molar-refractivity contribution in [3.63, 3.8) is 0 Å². The number of rotatable bonds is 3. The number of carbonyl (C=O) groups excluding carboxylic acids is 1. The predicted octanol–water partition coefficient (Wildman–Crippen LogP) is 1.59. The molecule has 0 saturated carbocycles. The fraction of sp³-hybridized carbons (Fsp3) is 0.889. The first-order valence-electron chi connectivity index (χ1n) is 4.73. The number of carbonyl (C=O) groups is 1. The minimum atomic E-state index is 0.172. The molecular formula is C9H17NO2. The van der Waals surface area contributed by atoms with Crippen LogP contribution in [0.3, 0.4) is 0 Å². The summed E-state index contributed by atoms with van der Waals surface area (Å²) in [4.78, 5) is 16.8. The Kier molecular flexibility index (Phi) is 3.53. The van der Waals surface area contributed by atoms with Crippen LogP contribution in [0.2, 0.25) is 0 Å².